The lowest BCUT2D eigenvalue weighted by molar-refractivity contribution is 0.0228. The molecular formula is C21H25FN2O2. The van der Waals surface area contributed by atoms with Gasteiger partial charge in [0.2, 0.25) is 0 Å². The molecule has 1 unspecified atom stereocenters. The molecule has 5 heteroatoms. The van der Waals surface area contributed by atoms with Gasteiger partial charge in [-0.15, -0.1) is 0 Å². The lowest BCUT2D eigenvalue weighted by atomic mass is 9.76. The molecule has 1 amide bonds. The van der Waals surface area contributed by atoms with Crippen molar-refractivity contribution in [2.24, 2.45) is 5.92 Å². The number of hydroxylamine groups is 1. The zero-order valence-electron chi connectivity index (χ0n) is 15.1. The van der Waals surface area contributed by atoms with Crippen molar-refractivity contribution < 1.29 is 14.0 Å². The molecule has 1 aromatic heterocycles. The second-order valence-electron chi connectivity index (χ2n) is 6.96. The molecule has 1 fully saturated rings. The van der Waals surface area contributed by atoms with Gasteiger partial charge in [0.15, 0.2) is 0 Å². The second kappa shape index (κ2) is 8.90. The standard InChI is InChI=1S/C21H25FN2O2/c1-15(16-7-3-2-4-8-16)20-18(9-5-11-19(20)22)14-26-24-21(25)17-10-6-12-23-13-17/h5-6,9-13,15-16H,2-4,7-8,14H2,1H3,(H,24,25). The third kappa shape index (κ3) is 4.47. The number of rotatable bonds is 6. The maximum Gasteiger partial charge on any atom is 0.276 e. The number of carbonyl (C=O) groups is 1. The summed E-state index contributed by atoms with van der Waals surface area (Å²) in [6.07, 6.45) is 9.08. The quantitative estimate of drug-likeness (QED) is 0.759. The molecule has 3 rings (SSSR count). The van der Waals surface area contributed by atoms with Gasteiger partial charge in [0.25, 0.3) is 5.91 Å². The molecule has 1 atom stereocenters. The molecule has 1 aliphatic rings. The topological polar surface area (TPSA) is 51.2 Å². The summed E-state index contributed by atoms with van der Waals surface area (Å²) in [6, 6.07) is 8.41. The highest BCUT2D eigenvalue weighted by atomic mass is 19.1. The van der Waals surface area contributed by atoms with Crippen LogP contribution in [0.25, 0.3) is 0 Å². The average Bonchev–Trinajstić information content (AvgIpc) is 2.69. The van der Waals surface area contributed by atoms with Gasteiger partial charge in [0.05, 0.1) is 5.56 Å². The lowest BCUT2D eigenvalue weighted by Crippen LogP contribution is -2.24. The molecule has 26 heavy (non-hydrogen) atoms. The van der Waals surface area contributed by atoms with Crippen LogP contribution >= 0.6 is 0 Å². The van der Waals surface area contributed by atoms with Gasteiger partial charge >= 0.3 is 0 Å². The maximum atomic E-state index is 14.6. The summed E-state index contributed by atoms with van der Waals surface area (Å²) in [5.41, 5.74) is 4.33. The van der Waals surface area contributed by atoms with E-state index in [1.165, 1.54) is 31.5 Å². The van der Waals surface area contributed by atoms with Gasteiger partial charge in [-0.2, -0.15) is 0 Å². The smallest absolute Gasteiger partial charge is 0.269 e. The van der Waals surface area contributed by atoms with E-state index >= 15 is 0 Å². The van der Waals surface area contributed by atoms with E-state index in [4.69, 9.17) is 4.84 Å². The summed E-state index contributed by atoms with van der Waals surface area (Å²) in [7, 11) is 0. The Morgan fingerprint density at radius 2 is 2.08 bits per heavy atom. The zero-order valence-corrected chi connectivity index (χ0v) is 15.1. The minimum absolute atomic E-state index is 0.135. The monoisotopic (exact) mass is 356 g/mol. The Labute approximate surface area is 153 Å². The zero-order chi connectivity index (χ0) is 18.4. The number of aromatic nitrogens is 1. The number of hydrogen-bond acceptors (Lipinski definition) is 3. The molecule has 0 bridgehead atoms. The first-order chi connectivity index (χ1) is 12.7. The second-order valence-corrected chi connectivity index (χ2v) is 6.96. The van der Waals surface area contributed by atoms with Gasteiger partial charge in [-0.3, -0.25) is 14.6 Å². The predicted molar refractivity (Wildman–Crippen MR) is 97.9 cm³/mol. The molecular weight excluding hydrogens is 331 g/mol. The van der Waals surface area contributed by atoms with Crippen molar-refractivity contribution in [2.75, 3.05) is 0 Å². The number of benzene rings is 1. The van der Waals surface area contributed by atoms with Crippen molar-refractivity contribution >= 4 is 5.91 Å². The highest BCUT2D eigenvalue weighted by Crippen LogP contribution is 2.38. The summed E-state index contributed by atoms with van der Waals surface area (Å²) < 4.78 is 14.6. The van der Waals surface area contributed by atoms with Gasteiger partial charge < -0.3 is 0 Å². The fourth-order valence-electron chi connectivity index (χ4n) is 3.82. The normalized spacial score (nSPS) is 16.2. The van der Waals surface area contributed by atoms with E-state index in [2.05, 4.69) is 17.4 Å². The van der Waals surface area contributed by atoms with Crippen molar-refractivity contribution in [1.29, 1.82) is 0 Å². The van der Waals surface area contributed by atoms with Gasteiger partial charge in [0, 0.05) is 12.4 Å². The van der Waals surface area contributed by atoms with E-state index in [0.717, 1.165) is 24.0 Å². The summed E-state index contributed by atoms with van der Waals surface area (Å²) in [4.78, 5) is 21.3. The summed E-state index contributed by atoms with van der Waals surface area (Å²) in [5.74, 6) is 0.0904. The summed E-state index contributed by atoms with van der Waals surface area (Å²) >= 11 is 0. The Kier molecular flexibility index (Phi) is 6.34. The van der Waals surface area contributed by atoms with Crippen LogP contribution in [0.2, 0.25) is 0 Å². The van der Waals surface area contributed by atoms with Crippen LogP contribution in [0, 0.1) is 11.7 Å². The first-order valence-corrected chi connectivity index (χ1v) is 9.26. The largest absolute Gasteiger partial charge is 0.276 e. The lowest BCUT2D eigenvalue weighted by Gasteiger charge is -2.29. The van der Waals surface area contributed by atoms with Gasteiger partial charge in [-0.1, -0.05) is 38.3 Å². The summed E-state index contributed by atoms with van der Waals surface area (Å²) in [6.45, 7) is 2.24. The minimum atomic E-state index is -0.364. The Morgan fingerprint density at radius 3 is 2.81 bits per heavy atom. The Balaban J connectivity index is 1.66. The molecule has 2 aromatic rings. The fourth-order valence-corrected chi connectivity index (χ4v) is 3.82. The fraction of sp³-hybridized carbons (Fsp3) is 0.429. The van der Waals surface area contributed by atoms with Crippen LogP contribution in [-0.4, -0.2) is 10.9 Å². The van der Waals surface area contributed by atoms with E-state index in [1.54, 1.807) is 24.4 Å². The highest BCUT2D eigenvalue weighted by molar-refractivity contribution is 5.92. The van der Waals surface area contributed by atoms with Crippen molar-refractivity contribution in [3.8, 4) is 0 Å². The van der Waals surface area contributed by atoms with Gasteiger partial charge in [-0.25, -0.2) is 9.87 Å². The van der Waals surface area contributed by atoms with E-state index in [0.29, 0.717) is 11.5 Å². The van der Waals surface area contributed by atoms with Crippen LogP contribution in [0.3, 0.4) is 0 Å². The van der Waals surface area contributed by atoms with Crippen molar-refractivity contribution in [3.05, 3.63) is 65.2 Å². The molecule has 1 aliphatic carbocycles. The van der Waals surface area contributed by atoms with Crippen LogP contribution < -0.4 is 5.48 Å². The Morgan fingerprint density at radius 1 is 1.27 bits per heavy atom. The average molecular weight is 356 g/mol. The molecule has 1 heterocycles. The number of halogens is 1. The maximum absolute atomic E-state index is 14.6. The van der Waals surface area contributed by atoms with Crippen LogP contribution in [0.15, 0.2) is 42.7 Å². The number of nitrogens with zero attached hydrogens (tertiary/aromatic N) is 1. The van der Waals surface area contributed by atoms with Gasteiger partial charge in [-0.05, 0) is 54.0 Å². The van der Waals surface area contributed by atoms with Crippen LogP contribution in [0.1, 0.15) is 66.4 Å². The number of amides is 1. The Bertz CT molecular complexity index is 730. The highest BCUT2D eigenvalue weighted by Gasteiger charge is 2.25. The molecule has 0 aliphatic heterocycles. The third-order valence-electron chi connectivity index (χ3n) is 5.27. The minimum Gasteiger partial charge on any atom is -0.269 e. The first-order valence-electron chi connectivity index (χ1n) is 9.26. The molecule has 138 valence electrons. The van der Waals surface area contributed by atoms with E-state index in [9.17, 15) is 9.18 Å². The van der Waals surface area contributed by atoms with E-state index in [1.807, 2.05) is 6.07 Å². The SMILES string of the molecule is CC(c1c(F)cccc1CONC(=O)c1cccnc1)C1CCCCC1. The summed E-state index contributed by atoms with van der Waals surface area (Å²) in [5, 5.41) is 0. The molecule has 1 saturated carbocycles. The first kappa shape index (κ1) is 18.5. The number of carbonyl (C=O) groups excluding carboxylic acids is 1. The van der Waals surface area contributed by atoms with Gasteiger partial charge in [0.1, 0.15) is 12.4 Å². The van der Waals surface area contributed by atoms with Crippen molar-refractivity contribution in [1.82, 2.24) is 10.5 Å². The van der Waals surface area contributed by atoms with E-state index in [-0.39, 0.29) is 24.2 Å². The molecule has 0 spiro atoms. The molecule has 0 saturated heterocycles. The third-order valence-corrected chi connectivity index (χ3v) is 5.27. The molecule has 4 nitrogen and oxygen atoms in total. The molecule has 1 N–H and O–H groups in total. The van der Waals surface area contributed by atoms with E-state index < -0.39 is 0 Å². The molecule has 0 radical (unpaired) electrons. The van der Waals surface area contributed by atoms with Crippen molar-refractivity contribution in [2.45, 2.75) is 51.6 Å². The Hall–Kier alpha value is -2.27. The predicted octanol–water partition coefficient (Wildman–Crippen LogP) is 4.77. The molecule has 1 aromatic carbocycles. The van der Waals surface area contributed by atoms with Crippen molar-refractivity contribution in [3.63, 3.8) is 0 Å². The van der Waals surface area contributed by atoms with Crippen LogP contribution in [0.5, 0.6) is 0 Å². The number of hydrogen-bond donors (Lipinski definition) is 1. The van der Waals surface area contributed by atoms with Crippen LogP contribution in [0.4, 0.5) is 4.39 Å². The van der Waals surface area contributed by atoms with Crippen LogP contribution in [-0.2, 0) is 11.4 Å². The number of nitrogens with one attached hydrogen (secondary N) is 1. The number of pyridine rings is 1.